The average Bonchev–Trinajstić information content (AvgIpc) is 3.04. The molecule has 2 aromatic heterocycles. The van der Waals surface area contributed by atoms with E-state index < -0.39 is 0 Å². The Morgan fingerprint density at radius 1 is 1.35 bits per heavy atom. The maximum absolute atomic E-state index is 12.0. The summed E-state index contributed by atoms with van der Waals surface area (Å²) in [6, 6.07) is 7.56. The first-order valence-corrected chi connectivity index (χ1v) is 6.91. The van der Waals surface area contributed by atoms with Gasteiger partial charge >= 0.3 is 0 Å². The zero-order chi connectivity index (χ0) is 13.9. The minimum absolute atomic E-state index is 0.293. The minimum Gasteiger partial charge on any atom is -0.360 e. The summed E-state index contributed by atoms with van der Waals surface area (Å²) in [6.07, 6.45) is 0. The van der Waals surface area contributed by atoms with Crippen molar-refractivity contribution in [2.45, 2.75) is 6.92 Å². The van der Waals surface area contributed by atoms with Gasteiger partial charge in [-0.15, -0.1) is 10.2 Å². The number of carbonyl (C=O) groups excluding carboxylic acids is 1. The molecule has 8 heteroatoms. The van der Waals surface area contributed by atoms with Crippen LogP contribution in [-0.4, -0.2) is 32.6 Å². The fourth-order valence-electron chi connectivity index (χ4n) is 1.71. The molecule has 0 saturated carbocycles. The molecule has 0 spiro atoms. The molecule has 0 atom stereocenters. The number of anilines is 2. The van der Waals surface area contributed by atoms with Gasteiger partial charge in [0, 0.05) is 6.54 Å². The fraction of sp³-hybridized carbons (Fsp3) is 0.167. The standard InChI is InChI=1S/C12H12N6OS/c1-2-13-12-18-17-10(20-12)9(19)16-11-14-7-5-3-4-6-8(7)15-11/h3-6H,2H2,1H3,(H,13,18)(H2,14,15,16,19). The second-order valence-electron chi connectivity index (χ2n) is 4.00. The lowest BCUT2D eigenvalue weighted by Crippen LogP contribution is -2.12. The van der Waals surface area contributed by atoms with E-state index in [2.05, 4.69) is 30.8 Å². The molecule has 1 aromatic carbocycles. The maximum atomic E-state index is 12.0. The molecule has 2 heterocycles. The number of para-hydroxylation sites is 2. The van der Waals surface area contributed by atoms with Crippen LogP contribution in [0.1, 0.15) is 16.7 Å². The van der Waals surface area contributed by atoms with Gasteiger partial charge in [0.05, 0.1) is 11.0 Å². The number of hydrogen-bond acceptors (Lipinski definition) is 6. The van der Waals surface area contributed by atoms with E-state index in [0.717, 1.165) is 17.6 Å². The number of aromatic amines is 1. The summed E-state index contributed by atoms with van der Waals surface area (Å²) in [7, 11) is 0. The molecule has 102 valence electrons. The number of fused-ring (bicyclic) bond motifs is 1. The number of nitrogens with zero attached hydrogens (tertiary/aromatic N) is 3. The van der Waals surface area contributed by atoms with Crippen molar-refractivity contribution >= 4 is 39.4 Å². The van der Waals surface area contributed by atoms with Crippen LogP contribution < -0.4 is 10.6 Å². The van der Waals surface area contributed by atoms with Gasteiger partial charge in [0.15, 0.2) is 0 Å². The number of hydrogen-bond donors (Lipinski definition) is 3. The van der Waals surface area contributed by atoms with Crippen molar-refractivity contribution < 1.29 is 4.79 Å². The van der Waals surface area contributed by atoms with Crippen LogP contribution in [0, 0.1) is 0 Å². The molecule has 3 rings (SSSR count). The van der Waals surface area contributed by atoms with E-state index >= 15 is 0 Å². The molecule has 0 unspecified atom stereocenters. The number of rotatable bonds is 4. The van der Waals surface area contributed by atoms with E-state index in [-0.39, 0.29) is 5.91 Å². The summed E-state index contributed by atoms with van der Waals surface area (Å²) in [6.45, 7) is 2.69. The largest absolute Gasteiger partial charge is 0.360 e. The number of amides is 1. The summed E-state index contributed by atoms with van der Waals surface area (Å²) in [4.78, 5) is 19.3. The number of benzene rings is 1. The first kappa shape index (κ1) is 12.5. The summed E-state index contributed by atoms with van der Waals surface area (Å²) in [5, 5.41) is 14.3. The molecule has 0 bridgehead atoms. The van der Waals surface area contributed by atoms with Gasteiger partial charge in [0.25, 0.3) is 5.91 Å². The smallest absolute Gasteiger partial charge is 0.289 e. The van der Waals surface area contributed by atoms with Crippen molar-refractivity contribution in [1.82, 2.24) is 20.2 Å². The van der Waals surface area contributed by atoms with Gasteiger partial charge in [0.2, 0.25) is 16.1 Å². The van der Waals surface area contributed by atoms with Crippen LogP contribution in [-0.2, 0) is 0 Å². The number of carbonyl (C=O) groups is 1. The van der Waals surface area contributed by atoms with E-state index in [4.69, 9.17) is 0 Å². The second kappa shape index (κ2) is 5.25. The highest BCUT2D eigenvalue weighted by atomic mass is 32.1. The third-order valence-corrected chi connectivity index (χ3v) is 3.45. The SMILES string of the molecule is CCNc1nnc(C(=O)Nc2nc3ccccc3[nH]2)s1. The van der Waals surface area contributed by atoms with Gasteiger partial charge in [-0.05, 0) is 19.1 Å². The van der Waals surface area contributed by atoms with E-state index in [0.29, 0.717) is 16.1 Å². The number of imidazole rings is 1. The van der Waals surface area contributed by atoms with Crippen LogP contribution in [0.4, 0.5) is 11.1 Å². The van der Waals surface area contributed by atoms with Crippen molar-refractivity contribution in [2.75, 3.05) is 17.2 Å². The number of aromatic nitrogens is 4. The molecule has 0 aliphatic rings. The van der Waals surface area contributed by atoms with Crippen molar-refractivity contribution in [2.24, 2.45) is 0 Å². The zero-order valence-electron chi connectivity index (χ0n) is 10.7. The van der Waals surface area contributed by atoms with Crippen molar-refractivity contribution in [3.63, 3.8) is 0 Å². The van der Waals surface area contributed by atoms with Gasteiger partial charge in [-0.1, -0.05) is 23.5 Å². The van der Waals surface area contributed by atoms with Crippen LogP contribution in [0.25, 0.3) is 11.0 Å². The highest BCUT2D eigenvalue weighted by molar-refractivity contribution is 7.17. The van der Waals surface area contributed by atoms with Crippen LogP contribution in [0.15, 0.2) is 24.3 Å². The lowest BCUT2D eigenvalue weighted by atomic mass is 10.3. The first-order chi connectivity index (χ1) is 9.76. The highest BCUT2D eigenvalue weighted by Gasteiger charge is 2.14. The summed E-state index contributed by atoms with van der Waals surface area (Å²) in [5.41, 5.74) is 1.67. The van der Waals surface area contributed by atoms with Crippen LogP contribution in [0.2, 0.25) is 0 Å². The summed E-state index contributed by atoms with van der Waals surface area (Å²) >= 11 is 1.20. The van der Waals surface area contributed by atoms with E-state index in [1.54, 1.807) is 0 Å². The Hall–Kier alpha value is -2.48. The fourth-order valence-corrected chi connectivity index (χ4v) is 2.42. The molecule has 0 aliphatic heterocycles. The van der Waals surface area contributed by atoms with E-state index in [9.17, 15) is 4.79 Å². The molecule has 3 N–H and O–H groups in total. The first-order valence-electron chi connectivity index (χ1n) is 6.09. The number of H-pyrrole nitrogens is 1. The summed E-state index contributed by atoms with van der Waals surface area (Å²) < 4.78 is 0. The summed E-state index contributed by atoms with van der Waals surface area (Å²) in [5.74, 6) is 0.0714. The molecule has 0 fully saturated rings. The molecule has 1 amide bonds. The third-order valence-electron chi connectivity index (χ3n) is 2.57. The molecule has 0 saturated heterocycles. The Balaban J connectivity index is 1.77. The molecule has 20 heavy (non-hydrogen) atoms. The van der Waals surface area contributed by atoms with Crippen LogP contribution in [0.3, 0.4) is 0 Å². The Bertz CT molecular complexity index is 716. The van der Waals surface area contributed by atoms with Crippen molar-refractivity contribution in [1.29, 1.82) is 0 Å². The van der Waals surface area contributed by atoms with Gasteiger partial charge in [-0.2, -0.15) is 0 Å². The predicted molar refractivity (Wildman–Crippen MR) is 78.1 cm³/mol. The topological polar surface area (TPSA) is 95.6 Å². The molecule has 7 nitrogen and oxygen atoms in total. The minimum atomic E-state index is -0.328. The maximum Gasteiger partial charge on any atom is 0.289 e. The highest BCUT2D eigenvalue weighted by Crippen LogP contribution is 2.17. The quantitative estimate of drug-likeness (QED) is 0.683. The lowest BCUT2D eigenvalue weighted by molar-refractivity contribution is 0.102. The van der Waals surface area contributed by atoms with Crippen LogP contribution in [0.5, 0.6) is 0 Å². The van der Waals surface area contributed by atoms with Gasteiger partial charge in [0.1, 0.15) is 0 Å². The molecule has 0 aliphatic carbocycles. The molecular formula is C12H12N6OS. The normalized spacial score (nSPS) is 10.7. The average molecular weight is 288 g/mol. The Morgan fingerprint density at radius 3 is 3.00 bits per heavy atom. The third kappa shape index (κ3) is 2.45. The second-order valence-corrected chi connectivity index (χ2v) is 4.98. The van der Waals surface area contributed by atoms with Crippen LogP contribution >= 0.6 is 11.3 Å². The Morgan fingerprint density at radius 2 is 2.20 bits per heavy atom. The van der Waals surface area contributed by atoms with Crippen molar-refractivity contribution in [3.05, 3.63) is 29.3 Å². The number of nitrogens with one attached hydrogen (secondary N) is 3. The van der Waals surface area contributed by atoms with Gasteiger partial charge in [-0.3, -0.25) is 10.1 Å². The Labute approximate surface area is 118 Å². The van der Waals surface area contributed by atoms with Crippen molar-refractivity contribution in [3.8, 4) is 0 Å². The molecule has 0 radical (unpaired) electrons. The monoisotopic (exact) mass is 288 g/mol. The van der Waals surface area contributed by atoms with Gasteiger partial charge < -0.3 is 10.3 Å². The molecular weight excluding hydrogens is 276 g/mol. The Kier molecular flexibility index (Phi) is 3.30. The zero-order valence-corrected chi connectivity index (χ0v) is 11.5. The van der Waals surface area contributed by atoms with E-state index in [1.165, 1.54) is 11.3 Å². The molecule has 3 aromatic rings. The predicted octanol–water partition coefficient (Wildman–Crippen LogP) is 2.10. The van der Waals surface area contributed by atoms with E-state index in [1.807, 2.05) is 31.2 Å². The lowest BCUT2D eigenvalue weighted by Gasteiger charge is -1.96. The van der Waals surface area contributed by atoms with Gasteiger partial charge in [-0.25, -0.2) is 4.98 Å².